The maximum absolute atomic E-state index is 4.81. The number of fused-ring (bicyclic) bond motifs is 11. The van der Waals surface area contributed by atoms with E-state index < -0.39 is 5.41 Å². The second kappa shape index (κ2) is 12.2. The molecule has 1 aliphatic carbocycles. The third-order valence-electron chi connectivity index (χ3n) is 12.1. The lowest BCUT2D eigenvalue weighted by Gasteiger charge is -2.38. The third-order valence-corrected chi connectivity index (χ3v) is 12.1. The van der Waals surface area contributed by atoms with E-state index in [1.165, 1.54) is 44.5 Å². The molecule has 4 nitrogen and oxygen atoms in total. The van der Waals surface area contributed by atoms with Gasteiger partial charge in [-0.05, 0) is 105 Å². The first-order valence-corrected chi connectivity index (χ1v) is 19.5. The van der Waals surface area contributed by atoms with Gasteiger partial charge in [0.05, 0.1) is 38.5 Å². The number of pyridine rings is 2. The van der Waals surface area contributed by atoms with Crippen LogP contribution in [0.3, 0.4) is 0 Å². The monoisotopic (exact) mass is 726 g/mol. The normalized spacial score (nSPS) is 13.1. The Labute approximate surface area is 329 Å². The molecule has 0 saturated carbocycles. The van der Waals surface area contributed by atoms with Crippen molar-refractivity contribution in [1.82, 2.24) is 19.1 Å². The fraction of sp³-hybridized carbons (Fsp3) is 0.0189. The summed E-state index contributed by atoms with van der Waals surface area (Å²) in [6.07, 6.45) is 3.77. The Balaban J connectivity index is 1.14. The lowest BCUT2D eigenvalue weighted by Crippen LogP contribution is -2.31. The molecule has 0 bridgehead atoms. The van der Waals surface area contributed by atoms with E-state index in [0.29, 0.717) is 0 Å². The largest absolute Gasteiger partial charge is 0.308 e. The summed E-state index contributed by atoms with van der Waals surface area (Å²) in [5, 5.41) is 2.30. The van der Waals surface area contributed by atoms with Crippen LogP contribution in [0.1, 0.15) is 22.3 Å². The first-order chi connectivity index (χ1) is 28.3. The van der Waals surface area contributed by atoms with Crippen LogP contribution in [0.15, 0.2) is 207 Å². The average molecular weight is 727 g/mol. The van der Waals surface area contributed by atoms with Crippen LogP contribution in [0.4, 0.5) is 0 Å². The zero-order valence-electron chi connectivity index (χ0n) is 30.9. The van der Waals surface area contributed by atoms with Gasteiger partial charge in [0.25, 0.3) is 0 Å². The first kappa shape index (κ1) is 31.8. The molecule has 1 aliphatic rings. The molecule has 0 fully saturated rings. The average Bonchev–Trinajstić information content (AvgIpc) is 3.77. The molecular weight excluding hydrogens is 693 g/mol. The van der Waals surface area contributed by atoms with E-state index in [4.69, 9.17) is 9.97 Å². The van der Waals surface area contributed by atoms with E-state index >= 15 is 0 Å². The summed E-state index contributed by atoms with van der Waals surface area (Å²) >= 11 is 0. The number of para-hydroxylation sites is 2. The second-order valence-electron chi connectivity index (χ2n) is 14.9. The molecule has 7 aromatic carbocycles. The fourth-order valence-corrected chi connectivity index (χ4v) is 9.82. The van der Waals surface area contributed by atoms with Gasteiger partial charge in [0, 0.05) is 34.5 Å². The topological polar surface area (TPSA) is 35.6 Å². The summed E-state index contributed by atoms with van der Waals surface area (Å²) in [5.74, 6) is 0. The van der Waals surface area contributed by atoms with Crippen molar-refractivity contribution in [2.75, 3.05) is 0 Å². The molecule has 0 unspecified atom stereocenters. The predicted molar refractivity (Wildman–Crippen MR) is 233 cm³/mol. The van der Waals surface area contributed by atoms with Gasteiger partial charge in [-0.3, -0.25) is 9.97 Å². The van der Waals surface area contributed by atoms with Gasteiger partial charge < -0.3 is 9.13 Å². The van der Waals surface area contributed by atoms with Crippen molar-refractivity contribution in [3.05, 3.63) is 229 Å². The second-order valence-corrected chi connectivity index (χ2v) is 14.9. The minimum absolute atomic E-state index is 0.659. The SMILES string of the molecule is c1ccc2c(c1)-c1ccccc1C(c1ccc(-n3c4ccccc4c4ncccc43)cc1)(c1ccc(-n3c4ccccc4c4ncccc43)cc1)c1ccccc1-2. The van der Waals surface area contributed by atoms with Crippen molar-refractivity contribution in [3.63, 3.8) is 0 Å². The molecule has 12 rings (SSSR count). The zero-order valence-corrected chi connectivity index (χ0v) is 30.9. The molecule has 4 aromatic heterocycles. The molecule has 0 atom stereocenters. The number of aromatic nitrogens is 4. The molecule has 0 spiro atoms. The van der Waals surface area contributed by atoms with Crippen LogP contribution in [-0.2, 0) is 5.41 Å². The maximum Gasteiger partial charge on any atom is 0.0963 e. The minimum atomic E-state index is -0.659. The van der Waals surface area contributed by atoms with Gasteiger partial charge in [-0.15, -0.1) is 0 Å². The lowest BCUT2D eigenvalue weighted by molar-refractivity contribution is 0.751. The molecule has 0 saturated heterocycles. The van der Waals surface area contributed by atoms with Crippen LogP contribution in [0, 0.1) is 0 Å². The van der Waals surface area contributed by atoms with Crippen LogP contribution >= 0.6 is 0 Å². The van der Waals surface area contributed by atoms with Crippen LogP contribution in [0.25, 0.3) is 77.5 Å². The number of hydrogen-bond acceptors (Lipinski definition) is 2. The zero-order chi connectivity index (χ0) is 37.5. The van der Waals surface area contributed by atoms with Gasteiger partial charge in [-0.1, -0.05) is 133 Å². The van der Waals surface area contributed by atoms with Gasteiger partial charge in [0.1, 0.15) is 0 Å². The Bertz CT molecular complexity index is 3020. The molecular formula is C53H34N4. The van der Waals surface area contributed by atoms with Crippen molar-refractivity contribution in [2.24, 2.45) is 0 Å². The molecule has 57 heavy (non-hydrogen) atoms. The summed E-state index contributed by atoms with van der Waals surface area (Å²) in [7, 11) is 0. The quantitative estimate of drug-likeness (QED) is 0.181. The summed E-state index contributed by atoms with van der Waals surface area (Å²) in [5.41, 5.74) is 17.9. The minimum Gasteiger partial charge on any atom is -0.308 e. The van der Waals surface area contributed by atoms with E-state index in [1.807, 2.05) is 24.5 Å². The van der Waals surface area contributed by atoms with Gasteiger partial charge in [-0.25, -0.2) is 0 Å². The molecule has 4 heteroatoms. The van der Waals surface area contributed by atoms with E-state index in [9.17, 15) is 0 Å². The van der Waals surface area contributed by atoms with Crippen molar-refractivity contribution >= 4 is 43.9 Å². The number of nitrogens with zero attached hydrogens (tertiary/aromatic N) is 4. The molecule has 0 radical (unpaired) electrons. The summed E-state index contributed by atoms with van der Waals surface area (Å²) < 4.78 is 4.68. The molecule has 0 aliphatic heterocycles. The highest BCUT2D eigenvalue weighted by Crippen LogP contribution is 2.55. The van der Waals surface area contributed by atoms with Crippen LogP contribution in [-0.4, -0.2) is 19.1 Å². The Hall–Kier alpha value is -7.56. The molecule has 266 valence electrons. The molecule has 0 amide bonds. The summed E-state index contributed by atoms with van der Waals surface area (Å²) in [4.78, 5) is 9.62. The standard InChI is InChI=1S/C53H34N4/c1-2-14-40-39(13-1)41-15-3-7-19-45(41)53(46-20-8-4-16-42(40)46,35-25-29-37(30-26-35)56-47-21-9-5-17-43(47)51-49(56)23-11-33-54-51)36-27-31-38(32-28-36)57-48-22-10-6-18-44(48)52-50(57)24-12-34-55-52/h1-34H. The highest BCUT2D eigenvalue weighted by molar-refractivity contribution is 6.08. The van der Waals surface area contributed by atoms with Gasteiger partial charge in [0.2, 0.25) is 0 Å². The molecule has 11 aromatic rings. The van der Waals surface area contributed by atoms with Crippen LogP contribution in [0.2, 0.25) is 0 Å². The maximum atomic E-state index is 4.81. The number of hydrogen-bond donors (Lipinski definition) is 0. The molecule has 0 N–H and O–H groups in total. The summed E-state index contributed by atoms with van der Waals surface area (Å²) in [6, 6.07) is 71.0. The fourth-order valence-electron chi connectivity index (χ4n) is 9.82. The van der Waals surface area contributed by atoms with E-state index in [0.717, 1.165) is 55.2 Å². The van der Waals surface area contributed by atoms with Crippen LogP contribution in [0.5, 0.6) is 0 Å². The van der Waals surface area contributed by atoms with E-state index in [-0.39, 0.29) is 0 Å². The van der Waals surface area contributed by atoms with Gasteiger partial charge >= 0.3 is 0 Å². The van der Waals surface area contributed by atoms with Gasteiger partial charge in [0.15, 0.2) is 0 Å². The number of rotatable bonds is 4. The summed E-state index contributed by atoms with van der Waals surface area (Å²) in [6.45, 7) is 0. The Morgan fingerprint density at radius 2 is 0.684 bits per heavy atom. The third kappa shape index (κ3) is 4.44. The van der Waals surface area contributed by atoms with Gasteiger partial charge in [-0.2, -0.15) is 0 Å². The number of benzene rings is 7. The van der Waals surface area contributed by atoms with Crippen molar-refractivity contribution in [1.29, 1.82) is 0 Å². The highest BCUT2D eigenvalue weighted by atomic mass is 15.0. The Morgan fingerprint density at radius 1 is 0.316 bits per heavy atom. The van der Waals surface area contributed by atoms with Crippen molar-refractivity contribution < 1.29 is 0 Å². The Kier molecular flexibility index (Phi) is 6.81. The molecule has 4 heterocycles. The smallest absolute Gasteiger partial charge is 0.0963 e. The van der Waals surface area contributed by atoms with Crippen molar-refractivity contribution in [2.45, 2.75) is 5.41 Å². The van der Waals surface area contributed by atoms with E-state index in [1.54, 1.807) is 0 Å². The van der Waals surface area contributed by atoms with Crippen molar-refractivity contribution in [3.8, 4) is 33.6 Å². The van der Waals surface area contributed by atoms with Crippen LogP contribution < -0.4 is 0 Å². The van der Waals surface area contributed by atoms with E-state index in [2.05, 4.69) is 191 Å². The first-order valence-electron chi connectivity index (χ1n) is 19.5. The lowest BCUT2D eigenvalue weighted by atomic mass is 9.63. The Morgan fingerprint density at radius 3 is 1.14 bits per heavy atom. The predicted octanol–water partition coefficient (Wildman–Crippen LogP) is 12.7. The highest BCUT2D eigenvalue weighted by Gasteiger charge is 2.43.